The van der Waals surface area contributed by atoms with E-state index >= 15 is 0 Å². The Bertz CT molecular complexity index is 1140. The predicted molar refractivity (Wildman–Crippen MR) is 166 cm³/mol. The molecule has 1 heterocycles. The van der Waals surface area contributed by atoms with Crippen molar-refractivity contribution in [3.05, 3.63) is 34.2 Å². The fourth-order valence-corrected chi connectivity index (χ4v) is 4.33. The lowest BCUT2D eigenvalue weighted by molar-refractivity contribution is -0.142. The van der Waals surface area contributed by atoms with Gasteiger partial charge in [-0.3, -0.25) is 9.59 Å². The first-order chi connectivity index (χ1) is 21.5. The molecule has 0 aliphatic rings. The molecule has 0 saturated carbocycles. The largest absolute Gasteiger partial charge is 0.487 e. The molecule has 0 spiro atoms. The van der Waals surface area contributed by atoms with Crippen LogP contribution in [0.25, 0.3) is 11.0 Å². The number of methoxy groups -OCH3 is 2. The van der Waals surface area contributed by atoms with Crippen LogP contribution in [0, 0.1) is 0 Å². The zero-order chi connectivity index (χ0) is 31.8. The summed E-state index contributed by atoms with van der Waals surface area (Å²) in [6.45, 7) is 4.56. The Labute approximate surface area is 260 Å². The quantitative estimate of drug-likeness (QED) is 0.0540. The molecule has 0 fully saturated rings. The second-order valence-electron chi connectivity index (χ2n) is 10.4. The lowest BCUT2D eigenvalue weighted by Gasteiger charge is -2.14. The Hall–Kier alpha value is -2.99. The highest BCUT2D eigenvalue weighted by Gasteiger charge is 2.18. The van der Waals surface area contributed by atoms with Crippen molar-refractivity contribution < 1.29 is 47.2 Å². The lowest BCUT2D eigenvalue weighted by Crippen LogP contribution is -2.20. The molecule has 0 unspecified atom stereocenters. The Morgan fingerprint density at radius 3 is 1.82 bits per heavy atom. The van der Waals surface area contributed by atoms with Gasteiger partial charge in [-0.15, -0.1) is 0 Å². The molecule has 2 rings (SSSR count). The minimum absolute atomic E-state index is 0.206. The van der Waals surface area contributed by atoms with Crippen LogP contribution >= 0.6 is 0 Å². The van der Waals surface area contributed by atoms with Crippen LogP contribution in [0.15, 0.2) is 27.4 Å². The summed E-state index contributed by atoms with van der Waals surface area (Å²) in [5.74, 6) is -0.367. The number of fused-ring (bicyclic) bond motifs is 1. The van der Waals surface area contributed by atoms with Gasteiger partial charge in [0.05, 0.1) is 39.6 Å². The van der Waals surface area contributed by atoms with Crippen LogP contribution in [-0.2, 0) is 28.5 Å². The molecule has 1 aromatic carbocycles. The lowest BCUT2D eigenvalue weighted by atomic mass is 10.1. The number of carbonyl (C=O) groups excluding carboxylic acids is 2. The van der Waals surface area contributed by atoms with E-state index in [9.17, 15) is 14.4 Å². The summed E-state index contributed by atoms with van der Waals surface area (Å²) in [5, 5.41) is 0.452. The number of Topliss-reactive ketones (excluding diaryl/α,β-unsaturated/α-hetero) is 1. The second-order valence-corrected chi connectivity index (χ2v) is 10.4. The van der Waals surface area contributed by atoms with Crippen LogP contribution in [0.1, 0.15) is 81.5 Å². The molecule has 2 aromatic rings. The summed E-state index contributed by atoms with van der Waals surface area (Å²) in [7, 11) is 3.19. The number of ketones is 1. The summed E-state index contributed by atoms with van der Waals surface area (Å²) < 4.78 is 43.2. The molecular formula is C33H50O11. The predicted octanol–water partition coefficient (Wildman–Crippen LogP) is 5.52. The molecule has 0 amide bonds. The average molecular weight is 623 g/mol. The van der Waals surface area contributed by atoms with Gasteiger partial charge in [-0.1, -0.05) is 58.3 Å². The minimum atomic E-state index is -0.827. The van der Waals surface area contributed by atoms with Gasteiger partial charge < -0.3 is 37.6 Å². The molecule has 0 aliphatic heterocycles. The van der Waals surface area contributed by atoms with Crippen molar-refractivity contribution in [2.75, 3.05) is 73.7 Å². The molecule has 0 bridgehead atoms. The number of benzene rings is 1. The highest BCUT2D eigenvalue weighted by molar-refractivity contribution is 6.00. The number of hydrogen-bond acceptors (Lipinski definition) is 11. The zero-order valence-electron chi connectivity index (χ0n) is 26.7. The molecule has 11 heteroatoms. The molecule has 0 radical (unpaired) electrons. The number of ether oxygens (including phenoxy) is 7. The average Bonchev–Trinajstić information content (AvgIpc) is 3.02. The van der Waals surface area contributed by atoms with Gasteiger partial charge in [0.2, 0.25) is 5.78 Å². The topological polar surface area (TPSA) is 129 Å². The van der Waals surface area contributed by atoms with E-state index in [1.165, 1.54) is 50.7 Å². The third kappa shape index (κ3) is 15.1. The molecule has 1 aromatic heterocycles. The molecule has 44 heavy (non-hydrogen) atoms. The summed E-state index contributed by atoms with van der Waals surface area (Å²) in [5.41, 5.74) is -0.818. The third-order valence-electron chi connectivity index (χ3n) is 6.78. The van der Waals surface area contributed by atoms with Crippen molar-refractivity contribution in [2.24, 2.45) is 0 Å². The number of carbonyl (C=O) groups is 2. The molecular weight excluding hydrogens is 572 g/mol. The van der Waals surface area contributed by atoms with E-state index < -0.39 is 24.0 Å². The monoisotopic (exact) mass is 622 g/mol. The standard InChI is InChI=1S/C33H50O11/c1-4-5-6-7-8-9-10-11-12-13-32(35)43-25-28(34)27-22-26-23-30(41-20-18-39-16-14-37-2)31(24-29(26)44-33(27)36)42-21-19-40-17-15-38-3/h22-24H,4-21,25H2,1-3H3. The van der Waals surface area contributed by atoms with Crippen LogP contribution in [0.2, 0.25) is 0 Å². The van der Waals surface area contributed by atoms with Crippen molar-refractivity contribution in [1.29, 1.82) is 0 Å². The van der Waals surface area contributed by atoms with E-state index in [4.69, 9.17) is 37.6 Å². The van der Waals surface area contributed by atoms with E-state index in [1.54, 1.807) is 20.3 Å². The summed E-state index contributed by atoms with van der Waals surface area (Å²) in [6.07, 6.45) is 10.4. The van der Waals surface area contributed by atoms with E-state index in [1.807, 2.05) is 0 Å². The van der Waals surface area contributed by atoms with Gasteiger partial charge in [0.1, 0.15) is 24.4 Å². The van der Waals surface area contributed by atoms with Gasteiger partial charge in [-0.05, 0) is 18.6 Å². The maximum Gasteiger partial charge on any atom is 0.347 e. The number of unbranched alkanes of at least 4 members (excludes halogenated alkanes) is 8. The second kappa shape index (κ2) is 23.4. The molecule has 0 aliphatic carbocycles. The normalized spacial score (nSPS) is 11.2. The van der Waals surface area contributed by atoms with E-state index in [0.717, 1.165) is 12.8 Å². The van der Waals surface area contributed by atoms with E-state index in [-0.39, 0.29) is 30.8 Å². The first-order valence-electron chi connectivity index (χ1n) is 15.7. The van der Waals surface area contributed by atoms with Crippen molar-refractivity contribution in [3.63, 3.8) is 0 Å². The van der Waals surface area contributed by atoms with Crippen molar-refractivity contribution in [3.8, 4) is 11.5 Å². The van der Waals surface area contributed by atoms with Gasteiger partial charge in [0.25, 0.3) is 0 Å². The smallest absolute Gasteiger partial charge is 0.347 e. The molecule has 248 valence electrons. The van der Waals surface area contributed by atoms with Gasteiger partial charge in [0, 0.05) is 32.1 Å². The maximum absolute atomic E-state index is 12.8. The molecule has 0 N–H and O–H groups in total. The number of rotatable bonds is 27. The highest BCUT2D eigenvalue weighted by Crippen LogP contribution is 2.32. The van der Waals surface area contributed by atoms with Crippen molar-refractivity contribution in [1.82, 2.24) is 0 Å². The van der Waals surface area contributed by atoms with Crippen molar-refractivity contribution in [2.45, 2.75) is 71.1 Å². The Morgan fingerprint density at radius 1 is 0.682 bits per heavy atom. The highest BCUT2D eigenvalue weighted by atomic mass is 16.6. The van der Waals surface area contributed by atoms with Gasteiger partial charge in [-0.2, -0.15) is 0 Å². The number of esters is 1. The maximum atomic E-state index is 12.8. The Morgan fingerprint density at radius 2 is 1.23 bits per heavy atom. The summed E-state index contributed by atoms with van der Waals surface area (Å²) in [4.78, 5) is 37.6. The SMILES string of the molecule is CCCCCCCCCCCC(=O)OCC(=O)c1cc2cc(OCCOCCOC)c(OCCOCCOC)cc2oc1=O. The van der Waals surface area contributed by atoms with Crippen LogP contribution in [0.4, 0.5) is 0 Å². The summed E-state index contributed by atoms with van der Waals surface area (Å²) >= 11 is 0. The van der Waals surface area contributed by atoms with E-state index in [0.29, 0.717) is 62.9 Å². The minimum Gasteiger partial charge on any atom is -0.487 e. The fraction of sp³-hybridized carbons (Fsp3) is 0.667. The van der Waals surface area contributed by atoms with Crippen LogP contribution in [-0.4, -0.2) is 85.4 Å². The first kappa shape index (κ1) is 37.2. The summed E-state index contributed by atoms with van der Waals surface area (Å²) in [6, 6.07) is 4.57. The molecule has 0 atom stereocenters. The Balaban J connectivity index is 1.95. The Kier molecular flexibility index (Phi) is 19.8. The van der Waals surface area contributed by atoms with Crippen LogP contribution in [0.3, 0.4) is 0 Å². The third-order valence-corrected chi connectivity index (χ3v) is 6.78. The van der Waals surface area contributed by atoms with Gasteiger partial charge >= 0.3 is 11.6 Å². The van der Waals surface area contributed by atoms with Crippen molar-refractivity contribution >= 4 is 22.7 Å². The van der Waals surface area contributed by atoms with Crippen LogP contribution < -0.4 is 15.1 Å². The zero-order valence-corrected chi connectivity index (χ0v) is 26.7. The molecule has 0 saturated heterocycles. The van der Waals surface area contributed by atoms with Crippen LogP contribution in [0.5, 0.6) is 11.5 Å². The first-order valence-corrected chi connectivity index (χ1v) is 15.7. The fourth-order valence-electron chi connectivity index (χ4n) is 4.33. The van der Waals surface area contributed by atoms with Gasteiger partial charge in [0.15, 0.2) is 18.1 Å². The molecule has 11 nitrogen and oxygen atoms in total. The van der Waals surface area contributed by atoms with Gasteiger partial charge in [-0.25, -0.2) is 4.79 Å². The number of hydrogen-bond donors (Lipinski definition) is 0. The van der Waals surface area contributed by atoms with E-state index in [2.05, 4.69) is 6.92 Å².